The van der Waals surface area contributed by atoms with E-state index in [4.69, 9.17) is 11.6 Å². The molecule has 1 atom stereocenters. The Morgan fingerprint density at radius 2 is 2.21 bits per heavy atom. The molecular formula is C12H16ClN. The van der Waals surface area contributed by atoms with Gasteiger partial charge < -0.3 is 5.32 Å². The molecule has 0 bridgehead atoms. The van der Waals surface area contributed by atoms with E-state index >= 15 is 0 Å². The summed E-state index contributed by atoms with van der Waals surface area (Å²) in [5.74, 6) is 0. The fraction of sp³-hybridized carbons (Fsp3) is 0.333. The molecule has 1 nitrogen and oxygen atoms in total. The Balaban J connectivity index is 2.78. The number of allylic oxidation sites excluding steroid dienone is 1. The molecule has 0 aliphatic heterocycles. The first-order valence-corrected chi connectivity index (χ1v) is 5.20. The van der Waals surface area contributed by atoms with Crippen molar-refractivity contribution < 1.29 is 0 Å². The molecule has 0 saturated carbocycles. The van der Waals surface area contributed by atoms with Crippen LogP contribution in [0.2, 0.25) is 5.02 Å². The normalized spacial score (nSPS) is 12.4. The molecule has 1 aromatic rings. The van der Waals surface area contributed by atoms with Crippen LogP contribution in [-0.2, 0) is 0 Å². The summed E-state index contributed by atoms with van der Waals surface area (Å²) >= 11 is 6.11. The summed E-state index contributed by atoms with van der Waals surface area (Å²) < 4.78 is 0. The van der Waals surface area contributed by atoms with Crippen LogP contribution >= 0.6 is 11.6 Å². The lowest BCUT2D eigenvalue weighted by Crippen LogP contribution is -2.16. The maximum atomic E-state index is 6.11. The Morgan fingerprint density at radius 3 is 2.79 bits per heavy atom. The van der Waals surface area contributed by atoms with E-state index in [1.165, 1.54) is 5.56 Å². The minimum atomic E-state index is 0.321. The van der Waals surface area contributed by atoms with Gasteiger partial charge in [-0.25, -0.2) is 0 Å². The maximum absolute atomic E-state index is 6.11. The van der Waals surface area contributed by atoms with Crippen LogP contribution in [0.5, 0.6) is 0 Å². The highest BCUT2D eigenvalue weighted by atomic mass is 35.5. The molecule has 1 unspecified atom stereocenters. The topological polar surface area (TPSA) is 12.0 Å². The highest BCUT2D eigenvalue weighted by molar-refractivity contribution is 6.31. The Kier molecular flexibility index (Phi) is 4.71. The number of nitrogens with one attached hydrogen (secondary N) is 1. The van der Waals surface area contributed by atoms with Crippen LogP contribution in [0.3, 0.4) is 0 Å². The summed E-state index contributed by atoms with van der Waals surface area (Å²) in [6, 6.07) is 8.27. The van der Waals surface area contributed by atoms with Gasteiger partial charge in [0.2, 0.25) is 0 Å². The Morgan fingerprint density at radius 1 is 1.50 bits per heavy atom. The predicted molar refractivity (Wildman–Crippen MR) is 62.7 cm³/mol. The fourth-order valence-electron chi connectivity index (χ4n) is 1.50. The monoisotopic (exact) mass is 209 g/mol. The van der Waals surface area contributed by atoms with Gasteiger partial charge in [-0.3, -0.25) is 0 Å². The third-order valence-electron chi connectivity index (χ3n) is 2.29. The zero-order valence-electron chi connectivity index (χ0n) is 8.46. The molecule has 0 radical (unpaired) electrons. The van der Waals surface area contributed by atoms with Crippen LogP contribution in [0.4, 0.5) is 0 Å². The SMILES string of the molecule is C=CCCC(NC)c1ccccc1Cl. The van der Waals surface area contributed by atoms with Crippen LogP contribution < -0.4 is 5.32 Å². The Labute approximate surface area is 90.8 Å². The first-order chi connectivity index (χ1) is 6.79. The Bertz CT molecular complexity index is 296. The van der Waals surface area contributed by atoms with Crippen molar-refractivity contribution in [1.29, 1.82) is 0 Å². The summed E-state index contributed by atoms with van der Waals surface area (Å²) in [4.78, 5) is 0. The van der Waals surface area contributed by atoms with Gasteiger partial charge in [0, 0.05) is 11.1 Å². The smallest absolute Gasteiger partial charge is 0.0453 e. The Hall–Kier alpha value is -0.790. The first-order valence-electron chi connectivity index (χ1n) is 4.82. The van der Waals surface area contributed by atoms with Crippen molar-refractivity contribution >= 4 is 11.6 Å². The van der Waals surface area contributed by atoms with Gasteiger partial charge in [-0.1, -0.05) is 35.9 Å². The molecule has 2 heteroatoms. The minimum Gasteiger partial charge on any atom is -0.313 e. The van der Waals surface area contributed by atoms with E-state index in [0.717, 1.165) is 17.9 Å². The molecule has 0 aliphatic rings. The summed E-state index contributed by atoms with van der Waals surface area (Å²) in [5, 5.41) is 4.09. The summed E-state index contributed by atoms with van der Waals surface area (Å²) in [6.07, 6.45) is 3.96. The lowest BCUT2D eigenvalue weighted by atomic mass is 10.0. The van der Waals surface area contributed by atoms with Crippen molar-refractivity contribution in [2.75, 3.05) is 7.05 Å². The van der Waals surface area contributed by atoms with Gasteiger partial charge in [-0.2, -0.15) is 0 Å². The second kappa shape index (κ2) is 5.84. The van der Waals surface area contributed by atoms with Crippen LogP contribution in [0.1, 0.15) is 24.4 Å². The number of hydrogen-bond acceptors (Lipinski definition) is 1. The number of halogens is 1. The first kappa shape index (κ1) is 11.3. The average Bonchev–Trinajstić information content (AvgIpc) is 2.21. The lowest BCUT2D eigenvalue weighted by molar-refractivity contribution is 0.555. The number of rotatable bonds is 5. The fourth-order valence-corrected chi connectivity index (χ4v) is 1.76. The molecule has 1 aromatic carbocycles. The molecule has 0 heterocycles. The second-order valence-electron chi connectivity index (χ2n) is 3.23. The van der Waals surface area contributed by atoms with E-state index in [1.54, 1.807) is 0 Å². The van der Waals surface area contributed by atoms with Crippen molar-refractivity contribution in [1.82, 2.24) is 5.32 Å². The maximum Gasteiger partial charge on any atom is 0.0453 e. The third-order valence-corrected chi connectivity index (χ3v) is 2.63. The van der Waals surface area contributed by atoms with Gasteiger partial charge in [-0.05, 0) is 31.5 Å². The van der Waals surface area contributed by atoms with Gasteiger partial charge in [0.15, 0.2) is 0 Å². The second-order valence-corrected chi connectivity index (χ2v) is 3.64. The highest BCUT2D eigenvalue weighted by Crippen LogP contribution is 2.25. The zero-order chi connectivity index (χ0) is 10.4. The van der Waals surface area contributed by atoms with E-state index in [0.29, 0.717) is 6.04 Å². The van der Waals surface area contributed by atoms with Gasteiger partial charge in [-0.15, -0.1) is 6.58 Å². The molecule has 1 rings (SSSR count). The van der Waals surface area contributed by atoms with E-state index in [9.17, 15) is 0 Å². The van der Waals surface area contributed by atoms with Crippen LogP contribution in [0, 0.1) is 0 Å². The van der Waals surface area contributed by atoms with Crippen molar-refractivity contribution in [3.05, 3.63) is 47.5 Å². The quantitative estimate of drug-likeness (QED) is 0.732. The zero-order valence-corrected chi connectivity index (χ0v) is 9.22. The molecule has 1 N–H and O–H groups in total. The lowest BCUT2D eigenvalue weighted by Gasteiger charge is -2.16. The summed E-state index contributed by atoms with van der Waals surface area (Å²) in [7, 11) is 1.96. The van der Waals surface area contributed by atoms with E-state index < -0.39 is 0 Å². The molecule has 0 aliphatic carbocycles. The summed E-state index contributed by atoms with van der Waals surface area (Å²) in [6.45, 7) is 3.72. The largest absolute Gasteiger partial charge is 0.313 e. The predicted octanol–water partition coefficient (Wildman–Crippen LogP) is 3.57. The molecular weight excluding hydrogens is 194 g/mol. The molecule has 0 saturated heterocycles. The number of hydrogen-bond donors (Lipinski definition) is 1. The average molecular weight is 210 g/mol. The standard InChI is InChI=1S/C12H16ClN/c1-3-4-9-12(14-2)10-7-5-6-8-11(10)13/h3,5-8,12,14H,1,4,9H2,2H3. The van der Waals surface area contributed by atoms with Crippen molar-refractivity contribution in [3.8, 4) is 0 Å². The molecule has 14 heavy (non-hydrogen) atoms. The van der Waals surface area contributed by atoms with Crippen molar-refractivity contribution in [2.45, 2.75) is 18.9 Å². The summed E-state index contributed by atoms with van der Waals surface area (Å²) in [5.41, 5.74) is 1.17. The number of benzene rings is 1. The third kappa shape index (κ3) is 2.86. The molecule has 0 fully saturated rings. The van der Waals surface area contributed by atoms with E-state index in [1.807, 2.05) is 31.3 Å². The van der Waals surface area contributed by atoms with E-state index in [2.05, 4.69) is 18.0 Å². The highest BCUT2D eigenvalue weighted by Gasteiger charge is 2.10. The van der Waals surface area contributed by atoms with Gasteiger partial charge >= 0.3 is 0 Å². The molecule has 0 spiro atoms. The van der Waals surface area contributed by atoms with Gasteiger partial charge in [0.05, 0.1) is 0 Å². The van der Waals surface area contributed by atoms with Crippen LogP contribution in [0.15, 0.2) is 36.9 Å². The minimum absolute atomic E-state index is 0.321. The van der Waals surface area contributed by atoms with Gasteiger partial charge in [0.25, 0.3) is 0 Å². The van der Waals surface area contributed by atoms with Gasteiger partial charge in [0.1, 0.15) is 0 Å². The van der Waals surface area contributed by atoms with Crippen molar-refractivity contribution in [3.63, 3.8) is 0 Å². The van der Waals surface area contributed by atoms with Crippen LogP contribution in [-0.4, -0.2) is 7.05 Å². The molecule has 0 aromatic heterocycles. The molecule has 76 valence electrons. The van der Waals surface area contributed by atoms with E-state index in [-0.39, 0.29) is 0 Å². The van der Waals surface area contributed by atoms with Crippen LogP contribution in [0.25, 0.3) is 0 Å². The molecule has 0 amide bonds. The van der Waals surface area contributed by atoms with Crippen molar-refractivity contribution in [2.24, 2.45) is 0 Å².